The third-order valence-electron chi connectivity index (χ3n) is 2.58. The molecule has 0 amide bonds. The summed E-state index contributed by atoms with van der Waals surface area (Å²) < 4.78 is 6.52. The van der Waals surface area contributed by atoms with Gasteiger partial charge in [0.05, 0.1) is 12.2 Å². The fourth-order valence-corrected chi connectivity index (χ4v) is 1.82. The summed E-state index contributed by atoms with van der Waals surface area (Å²) >= 11 is 0. The van der Waals surface area contributed by atoms with Crippen LogP contribution in [0.1, 0.15) is 28.5 Å². The zero-order valence-electron chi connectivity index (χ0n) is 10.2. The number of hydrogen-bond donors (Lipinski definition) is 0. The maximum atomic E-state index is 12.0. The summed E-state index contributed by atoms with van der Waals surface area (Å²) in [7, 11) is 1.58. The molecule has 16 heavy (non-hydrogen) atoms. The maximum absolute atomic E-state index is 12.0. The van der Waals surface area contributed by atoms with E-state index in [9.17, 15) is 9.59 Å². The van der Waals surface area contributed by atoms with Crippen molar-refractivity contribution < 1.29 is 9.53 Å². The van der Waals surface area contributed by atoms with Crippen LogP contribution in [-0.4, -0.2) is 24.1 Å². The van der Waals surface area contributed by atoms with Crippen molar-refractivity contribution in [3.8, 4) is 0 Å². The van der Waals surface area contributed by atoms with Gasteiger partial charge in [-0.05, 0) is 32.4 Å². The van der Waals surface area contributed by atoms with Gasteiger partial charge in [0.2, 0.25) is 0 Å². The molecule has 4 heteroatoms. The number of pyridine rings is 1. The molecule has 0 spiro atoms. The number of carbonyl (C=O) groups is 1. The highest BCUT2D eigenvalue weighted by Crippen LogP contribution is 2.06. The van der Waals surface area contributed by atoms with Crippen LogP contribution in [0.4, 0.5) is 0 Å². The normalized spacial score (nSPS) is 10.5. The molecule has 0 aromatic carbocycles. The topological polar surface area (TPSA) is 48.3 Å². The quantitative estimate of drug-likeness (QED) is 0.723. The average Bonchev–Trinajstić information content (AvgIpc) is 2.16. The van der Waals surface area contributed by atoms with Crippen LogP contribution >= 0.6 is 0 Å². The molecule has 0 N–H and O–H groups in total. The van der Waals surface area contributed by atoms with E-state index in [0.29, 0.717) is 13.2 Å². The second-order valence-electron chi connectivity index (χ2n) is 3.85. The molecule has 0 saturated heterocycles. The molecule has 0 aliphatic heterocycles. The summed E-state index contributed by atoms with van der Waals surface area (Å²) in [5, 5.41) is 0. The van der Waals surface area contributed by atoms with Crippen LogP contribution < -0.4 is 5.56 Å². The van der Waals surface area contributed by atoms with Crippen molar-refractivity contribution in [2.75, 3.05) is 13.7 Å². The second kappa shape index (κ2) is 5.07. The van der Waals surface area contributed by atoms with Gasteiger partial charge < -0.3 is 9.30 Å². The lowest BCUT2D eigenvalue weighted by atomic mass is 10.1. The van der Waals surface area contributed by atoms with Crippen molar-refractivity contribution in [2.45, 2.75) is 27.3 Å². The van der Waals surface area contributed by atoms with Crippen LogP contribution in [0.25, 0.3) is 0 Å². The Balaban J connectivity index is 3.34. The van der Waals surface area contributed by atoms with Gasteiger partial charge in [-0.3, -0.25) is 9.59 Å². The van der Waals surface area contributed by atoms with Gasteiger partial charge in [-0.1, -0.05) is 0 Å². The first-order chi connectivity index (χ1) is 7.49. The number of ether oxygens (including phenoxy) is 1. The van der Waals surface area contributed by atoms with Gasteiger partial charge in [0.15, 0.2) is 5.78 Å². The molecule has 1 aromatic heterocycles. The first-order valence-corrected chi connectivity index (χ1v) is 5.20. The second-order valence-corrected chi connectivity index (χ2v) is 3.85. The van der Waals surface area contributed by atoms with Crippen LogP contribution in [-0.2, 0) is 11.3 Å². The summed E-state index contributed by atoms with van der Waals surface area (Å²) in [5.74, 6) is -0.186. The van der Waals surface area contributed by atoms with Crippen molar-refractivity contribution >= 4 is 5.78 Å². The lowest BCUT2D eigenvalue weighted by Gasteiger charge is -2.12. The molecule has 1 aromatic rings. The third kappa shape index (κ3) is 2.39. The minimum atomic E-state index is -0.220. The van der Waals surface area contributed by atoms with Gasteiger partial charge in [-0.25, -0.2) is 0 Å². The van der Waals surface area contributed by atoms with Crippen molar-refractivity contribution in [1.29, 1.82) is 0 Å². The van der Waals surface area contributed by atoms with Crippen molar-refractivity contribution in [1.82, 2.24) is 4.57 Å². The van der Waals surface area contributed by atoms with E-state index in [2.05, 4.69) is 0 Å². The van der Waals surface area contributed by atoms with Gasteiger partial charge in [-0.15, -0.1) is 0 Å². The fraction of sp³-hybridized carbons (Fsp3) is 0.500. The molecule has 4 nitrogen and oxygen atoms in total. The molecule has 0 saturated carbocycles. The van der Waals surface area contributed by atoms with Crippen molar-refractivity contribution in [3.05, 3.63) is 33.2 Å². The van der Waals surface area contributed by atoms with E-state index >= 15 is 0 Å². The minimum Gasteiger partial charge on any atom is -0.383 e. The van der Waals surface area contributed by atoms with E-state index in [1.165, 1.54) is 6.92 Å². The molecule has 0 aliphatic carbocycles. The smallest absolute Gasteiger partial charge is 0.261 e. The minimum absolute atomic E-state index is 0.186. The van der Waals surface area contributed by atoms with E-state index in [0.717, 1.165) is 11.3 Å². The van der Waals surface area contributed by atoms with Crippen LogP contribution in [0.2, 0.25) is 0 Å². The summed E-state index contributed by atoms with van der Waals surface area (Å²) in [4.78, 5) is 23.4. The molecular formula is C12H17NO3. The molecule has 0 radical (unpaired) electrons. The van der Waals surface area contributed by atoms with Crippen LogP contribution in [0.15, 0.2) is 10.9 Å². The van der Waals surface area contributed by atoms with Crippen LogP contribution in [0.5, 0.6) is 0 Å². The summed E-state index contributed by atoms with van der Waals surface area (Å²) in [6.45, 7) is 5.99. The number of hydrogen-bond acceptors (Lipinski definition) is 3. The maximum Gasteiger partial charge on any atom is 0.261 e. The molecule has 0 fully saturated rings. The Hall–Kier alpha value is -1.42. The van der Waals surface area contributed by atoms with Gasteiger partial charge >= 0.3 is 0 Å². The Morgan fingerprint density at radius 1 is 1.44 bits per heavy atom. The molecular weight excluding hydrogens is 206 g/mol. The number of carbonyl (C=O) groups excluding carboxylic acids is 1. The Bertz CT molecular complexity index is 460. The van der Waals surface area contributed by atoms with E-state index in [4.69, 9.17) is 4.74 Å². The predicted molar refractivity (Wildman–Crippen MR) is 62.1 cm³/mol. The summed E-state index contributed by atoms with van der Waals surface area (Å²) in [5.41, 5.74) is 1.65. The number of aromatic nitrogens is 1. The number of nitrogens with zero attached hydrogens (tertiary/aromatic N) is 1. The summed E-state index contributed by atoms with van der Waals surface area (Å²) in [6.07, 6.45) is 0. The van der Waals surface area contributed by atoms with Gasteiger partial charge in [0.25, 0.3) is 5.56 Å². The predicted octanol–water partition coefficient (Wildman–Crippen LogP) is 1.31. The van der Waals surface area contributed by atoms with E-state index in [1.54, 1.807) is 18.6 Å². The molecule has 0 atom stereocenters. The highest BCUT2D eigenvalue weighted by Gasteiger charge is 2.13. The third-order valence-corrected chi connectivity index (χ3v) is 2.58. The number of rotatable bonds is 4. The molecule has 88 valence electrons. The highest BCUT2D eigenvalue weighted by molar-refractivity contribution is 5.95. The zero-order chi connectivity index (χ0) is 12.3. The van der Waals surface area contributed by atoms with E-state index < -0.39 is 0 Å². The lowest BCUT2D eigenvalue weighted by Crippen LogP contribution is -2.29. The first kappa shape index (κ1) is 12.6. The van der Waals surface area contributed by atoms with Crippen molar-refractivity contribution in [3.63, 3.8) is 0 Å². The number of Topliss-reactive ketones (excluding diaryl/α,β-unsaturated/α-hetero) is 1. The van der Waals surface area contributed by atoms with E-state index in [-0.39, 0.29) is 16.9 Å². The van der Waals surface area contributed by atoms with Crippen LogP contribution in [0, 0.1) is 13.8 Å². The average molecular weight is 223 g/mol. The van der Waals surface area contributed by atoms with Crippen LogP contribution in [0.3, 0.4) is 0 Å². The number of ketones is 1. The van der Waals surface area contributed by atoms with Gasteiger partial charge in [0, 0.05) is 19.3 Å². The summed E-state index contributed by atoms with van der Waals surface area (Å²) in [6, 6.07) is 1.85. The zero-order valence-corrected chi connectivity index (χ0v) is 10.2. The monoisotopic (exact) mass is 223 g/mol. The van der Waals surface area contributed by atoms with Gasteiger partial charge in [0.1, 0.15) is 0 Å². The number of methoxy groups -OCH3 is 1. The molecule has 0 bridgehead atoms. The van der Waals surface area contributed by atoms with E-state index in [1.807, 2.05) is 13.0 Å². The molecule has 1 heterocycles. The molecule has 0 unspecified atom stereocenters. The Morgan fingerprint density at radius 2 is 2.06 bits per heavy atom. The number of aryl methyl sites for hydroxylation is 2. The lowest BCUT2D eigenvalue weighted by molar-refractivity contribution is 0.101. The van der Waals surface area contributed by atoms with Gasteiger partial charge in [-0.2, -0.15) is 0 Å². The highest BCUT2D eigenvalue weighted by atomic mass is 16.5. The molecule has 1 rings (SSSR count). The largest absolute Gasteiger partial charge is 0.383 e. The fourth-order valence-electron chi connectivity index (χ4n) is 1.82. The van der Waals surface area contributed by atoms with Crippen molar-refractivity contribution in [2.24, 2.45) is 0 Å². The standard InChI is InChI=1S/C12H17NO3/c1-8-7-9(2)13(5-6-16-4)12(15)11(8)10(3)14/h7H,5-6H2,1-4H3. The molecule has 0 aliphatic rings. The Morgan fingerprint density at radius 3 is 2.56 bits per heavy atom. The Kier molecular flexibility index (Phi) is 4.01. The first-order valence-electron chi connectivity index (χ1n) is 5.20. The SMILES string of the molecule is COCCn1c(C)cc(C)c(C(C)=O)c1=O. The Labute approximate surface area is 94.9 Å².